The van der Waals surface area contributed by atoms with Crippen molar-refractivity contribution in [3.8, 4) is 0 Å². The van der Waals surface area contributed by atoms with Crippen LogP contribution in [0, 0.1) is 0 Å². The molecule has 7 heteroatoms. The highest BCUT2D eigenvalue weighted by Crippen LogP contribution is 2.28. The second-order valence-corrected chi connectivity index (χ2v) is 5.16. The van der Waals surface area contributed by atoms with Crippen LogP contribution >= 0.6 is 23.2 Å². The molecule has 1 unspecified atom stereocenters. The second kappa shape index (κ2) is 5.67. The minimum atomic E-state index is -0.361. The van der Waals surface area contributed by atoms with Crippen molar-refractivity contribution in [1.29, 1.82) is 0 Å². The van der Waals surface area contributed by atoms with Gasteiger partial charge >= 0.3 is 0 Å². The molecule has 1 aromatic carbocycles. The average Bonchev–Trinajstić information content (AvgIpc) is 2.76. The third kappa shape index (κ3) is 3.30. The first-order chi connectivity index (χ1) is 8.97. The molecule has 5 nitrogen and oxygen atoms in total. The molecule has 1 fully saturated rings. The summed E-state index contributed by atoms with van der Waals surface area (Å²) in [7, 11) is 0. The number of nitrogen functional groups attached to an aromatic ring is 1. The smallest absolute Gasteiger partial charge is 0.252 e. The van der Waals surface area contributed by atoms with Crippen molar-refractivity contribution < 1.29 is 9.59 Å². The highest BCUT2D eigenvalue weighted by Gasteiger charge is 2.22. The molecule has 0 bridgehead atoms. The Morgan fingerprint density at radius 3 is 2.84 bits per heavy atom. The zero-order chi connectivity index (χ0) is 14.0. The third-order valence-corrected chi connectivity index (χ3v) is 3.69. The molecule has 1 aliphatic rings. The molecule has 0 aliphatic carbocycles. The molecular weight excluding hydrogens is 289 g/mol. The second-order valence-electron chi connectivity index (χ2n) is 4.38. The number of rotatable bonds is 3. The Labute approximate surface area is 120 Å². The van der Waals surface area contributed by atoms with E-state index < -0.39 is 0 Å². The monoisotopic (exact) mass is 301 g/mol. The quantitative estimate of drug-likeness (QED) is 0.741. The van der Waals surface area contributed by atoms with Gasteiger partial charge in [0, 0.05) is 24.7 Å². The molecule has 4 N–H and O–H groups in total. The number of halogens is 2. The van der Waals surface area contributed by atoms with Gasteiger partial charge in [-0.15, -0.1) is 0 Å². The van der Waals surface area contributed by atoms with E-state index in [-0.39, 0.29) is 33.5 Å². The normalized spacial score (nSPS) is 18.2. The fourth-order valence-electron chi connectivity index (χ4n) is 1.92. The Morgan fingerprint density at radius 2 is 2.21 bits per heavy atom. The van der Waals surface area contributed by atoms with Crippen molar-refractivity contribution in [2.45, 2.75) is 18.9 Å². The van der Waals surface area contributed by atoms with Crippen molar-refractivity contribution >= 4 is 40.7 Å². The third-order valence-electron chi connectivity index (χ3n) is 2.89. The van der Waals surface area contributed by atoms with E-state index in [4.69, 9.17) is 28.9 Å². The minimum Gasteiger partial charge on any atom is -0.399 e. The summed E-state index contributed by atoms with van der Waals surface area (Å²) < 4.78 is 0. The van der Waals surface area contributed by atoms with Gasteiger partial charge in [-0.1, -0.05) is 23.2 Å². The molecule has 1 saturated heterocycles. The Bertz CT molecular complexity index is 534. The molecule has 102 valence electrons. The molecule has 19 heavy (non-hydrogen) atoms. The van der Waals surface area contributed by atoms with E-state index in [0.29, 0.717) is 25.1 Å². The number of carbonyl (C=O) groups is 2. The summed E-state index contributed by atoms with van der Waals surface area (Å²) in [6.07, 6.45) is 1.20. The molecular formula is C12H13Cl2N3O2. The molecule has 1 aliphatic heterocycles. The lowest BCUT2D eigenvalue weighted by molar-refractivity contribution is -0.119. The van der Waals surface area contributed by atoms with Crippen LogP contribution in [0.5, 0.6) is 0 Å². The molecule has 2 amide bonds. The van der Waals surface area contributed by atoms with Crippen LogP contribution in [0.1, 0.15) is 23.2 Å². The van der Waals surface area contributed by atoms with E-state index >= 15 is 0 Å². The number of anilines is 1. The lowest BCUT2D eigenvalue weighted by atomic mass is 10.1. The van der Waals surface area contributed by atoms with Crippen LogP contribution in [0.4, 0.5) is 5.69 Å². The van der Waals surface area contributed by atoms with Gasteiger partial charge in [0.15, 0.2) is 0 Å². The first-order valence-corrected chi connectivity index (χ1v) is 6.55. The SMILES string of the molecule is Nc1cc(Cl)c(Cl)c(C(=O)NCC2CCC(=O)N2)c1. The van der Waals surface area contributed by atoms with Gasteiger partial charge in [-0.3, -0.25) is 9.59 Å². The van der Waals surface area contributed by atoms with Gasteiger partial charge in [-0.25, -0.2) is 0 Å². The first-order valence-electron chi connectivity index (χ1n) is 5.79. The van der Waals surface area contributed by atoms with E-state index in [1.165, 1.54) is 12.1 Å². The van der Waals surface area contributed by atoms with Gasteiger partial charge in [-0.2, -0.15) is 0 Å². The van der Waals surface area contributed by atoms with Crippen molar-refractivity contribution in [1.82, 2.24) is 10.6 Å². The van der Waals surface area contributed by atoms with Crippen LogP contribution in [-0.2, 0) is 4.79 Å². The maximum absolute atomic E-state index is 12.0. The molecule has 2 rings (SSSR count). The van der Waals surface area contributed by atoms with Gasteiger partial charge in [0.1, 0.15) is 0 Å². The fraction of sp³-hybridized carbons (Fsp3) is 0.333. The van der Waals surface area contributed by atoms with Crippen molar-refractivity contribution in [2.24, 2.45) is 0 Å². The summed E-state index contributed by atoms with van der Waals surface area (Å²) in [6.45, 7) is 0.354. The highest BCUT2D eigenvalue weighted by molar-refractivity contribution is 6.44. The molecule has 0 aromatic heterocycles. The molecule has 0 radical (unpaired) electrons. The first kappa shape index (κ1) is 14.0. The van der Waals surface area contributed by atoms with Gasteiger partial charge < -0.3 is 16.4 Å². The lowest BCUT2D eigenvalue weighted by Crippen LogP contribution is -2.38. The molecule has 0 spiro atoms. The average molecular weight is 302 g/mol. The standard InChI is InChI=1S/C12H13Cl2N3O2/c13-9-4-6(15)3-8(11(9)14)12(19)16-5-7-1-2-10(18)17-7/h3-4,7H,1-2,5,15H2,(H,16,19)(H,17,18). The Hall–Kier alpha value is -1.46. The number of hydrogen-bond acceptors (Lipinski definition) is 3. The van der Waals surface area contributed by atoms with Crippen molar-refractivity contribution in [3.63, 3.8) is 0 Å². The van der Waals surface area contributed by atoms with E-state index in [0.717, 1.165) is 0 Å². The highest BCUT2D eigenvalue weighted by atomic mass is 35.5. The maximum atomic E-state index is 12.0. The van der Waals surface area contributed by atoms with E-state index in [9.17, 15) is 9.59 Å². The maximum Gasteiger partial charge on any atom is 0.252 e. The summed E-state index contributed by atoms with van der Waals surface area (Å²) in [4.78, 5) is 23.0. The van der Waals surface area contributed by atoms with Gasteiger partial charge in [0.2, 0.25) is 5.91 Å². The van der Waals surface area contributed by atoms with Gasteiger partial charge in [-0.05, 0) is 18.6 Å². The minimum absolute atomic E-state index is 0.00396. The van der Waals surface area contributed by atoms with Crippen LogP contribution in [-0.4, -0.2) is 24.4 Å². The molecule has 1 heterocycles. The summed E-state index contributed by atoms with van der Waals surface area (Å²) in [6, 6.07) is 2.92. The number of amides is 2. The summed E-state index contributed by atoms with van der Waals surface area (Å²) in [5.74, 6) is -0.357. The largest absolute Gasteiger partial charge is 0.399 e. The molecule has 1 atom stereocenters. The summed E-state index contributed by atoms with van der Waals surface area (Å²) in [5, 5.41) is 5.87. The van der Waals surface area contributed by atoms with Crippen LogP contribution in [0.15, 0.2) is 12.1 Å². The number of hydrogen-bond donors (Lipinski definition) is 3. The van der Waals surface area contributed by atoms with Crippen molar-refractivity contribution in [2.75, 3.05) is 12.3 Å². The number of benzene rings is 1. The number of nitrogens with one attached hydrogen (secondary N) is 2. The summed E-state index contributed by atoms with van der Waals surface area (Å²) in [5.41, 5.74) is 6.22. The van der Waals surface area contributed by atoms with Crippen LogP contribution < -0.4 is 16.4 Å². The zero-order valence-corrected chi connectivity index (χ0v) is 11.5. The molecule has 1 aromatic rings. The predicted molar refractivity (Wildman–Crippen MR) is 74.4 cm³/mol. The van der Waals surface area contributed by atoms with E-state index in [1.807, 2.05) is 0 Å². The summed E-state index contributed by atoms with van der Waals surface area (Å²) >= 11 is 11.8. The van der Waals surface area contributed by atoms with E-state index in [2.05, 4.69) is 10.6 Å². The Balaban J connectivity index is 2.02. The van der Waals surface area contributed by atoms with Gasteiger partial charge in [0.25, 0.3) is 5.91 Å². The predicted octanol–water partition coefficient (Wildman–Crippen LogP) is 1.58. The van der Waals surface area contributed by atoms with Gasteiger partial charge in [0.05, 0.1) is 15.6 Å². The van der Waals surface area contributed by atoms with Crippen molar-refractivity contribution in [3.05, 3.63) is 27.7 Å². The topological polar surface area (TPSA) is 84.2 Å². The number of nitrogens with two attached hydrogens (primary N) is 1. The zero-order valence-electron chi connectivity index (χ0n) is 10.0. The van der Waals surface area contributed by atoms with Crippen LogP contribution in [0.25, 0.3) is 0 Å². The lowest BCUT2D eigenvalue weighted by Gasteiger charge is -2.12. The Kier molecular flexibility index (Phi) is 4.17. The number of carbonyl (C=O) groups excluding carboxylic acids is 2. The Morgan fingerprint density at radius 1 is 1.47 bits per heavy atom. The fourth-order valence-corrected chi connectivity index (χ4v) is 2.34. The van der Waals surface area contributed by atoms with Crippen LogP contribution in [0.3, 0.4) is 0 Å². The van der Waals surface area contributed by atoms with E-state index in [1.54, 1.807) is 0 Å². The molecule has 0 saturated carbocycles. The van der Waals surface area contributed by atoms with Crippen LogP contribution in [0.2, 0.25) is 10.0 Å².